The van der Waals surface area contributed by atoms with Gasteiger partial charge in [-0.15, -0.1) is 0 Å². The number of nitrogens with one attached hydrogen (secondary N) is 3. The Labute approximate surface area is 197 Å². The van der Waals surface area contributed by atoms with Gasteiger partial charge in [-0.2, -0.15) is 28.2 Å². The Bertz CT molecular complexity index is 1370. The first-order valence-corrected chi connectivity index (χ1v) is 10.2. The summed E-state index contributed by atoms with van der Waals surface area (Å²) in [6.07, 6.45) is -1.21. The average molecular weight is 484 g/mol. The number of halogens is 3. The highest BCUT2D eigenvalue weighted by molar-refractivity contribution is 5.88. The van der Waals surface area contributed by atoms with Gasteiger partial charge in [0.25, 0.3) is 5.69 Å². The molecule has 0 saturated carbocycles. The average Bonchev–Trinajstić information content (AvgIpc) is 3.22. The third-order valence-electron chi connectivity index (χ3n) is 4.93. The lowest BCUT2D eigenvalue weighted by Crippen LogP contribution is -2.08. The van der Waals surface area contributed by atoms with Crippen molar-refractivity contribution in [2.24, 2.45) is 7.05 Å². The Morgan fingerprint density at radius 2 is 1.71 bits per heavy atom. The van der Waals surface area contributed by atoms with Gasteiger partial charge in [0, 0.05) is 38.1 Å². The van der Waals surface area contributed by atoms with Crippen molar-refractivity contribution in [3.05, 3.63) is 76.6 Å². The molecule has 13 heteroatoms. The number of hydrogen-bond acceptors (Lipinski definition) is 8. The zero-order chi connectivity index (χ0) is 25.2. The van der Waals surface area contributed by atoms with Crippen molar-refractivity contribution < 1.29 is 18.1 Å². The summed E-state index contributed by atoms with van der Waals surface area (Å²) in [5, 5.41) is 24.3. The molecule has 180 valence electrons. The second-order valence-electron chi connectivity index (χ2n) is 7.40. The molecular formula is C22H19F3N8O2. The van der Waals surface area contributed by atoms with Gasteiger partial charge in [-0.25, -0.2) is 0 Å². The van der Waals surface area contributed by atoms with Gasteiger partial charge in [0.15, 0.2) is 0 Å². The van der Waals surface area contributed by atoms with E-state index in [2.05, 4.69) is 31.0 Å². The molecule has 2 aromatic heterocycles. The van der Waals surface area contributed by atoms with Gasteiger partial charge in [-0.05, 0) is 23.8 Å². The van der Waals surface area contributed by atoms with Crippen molar-refractivity contribution in [3.63, 3.8) is 0 Å². The van der Waals surface area contributed by atoms with Gasteiger partial charge < -0.3 is 16.0 Å². The van der Waals surface area contributed by atoms with Gasteiger partial charge in [0.05, 0.1) is 27.9 Å². The fourth-order valence-corrected chi connectivity index (χ4v) is 3.34. The maximum atomic E-state index is 13.1. The van der Waals surface area contributed by atoms with Gasteiger partial charge in [0.1, 0.15) is 11.6 Å². The Morgan fingerprint density at radius 3 is 2.31 bits per heavy atom. The molecule has 0 radical (unpaired) electrons. The molecule has 3 N–H and O–H groups in total. The lowest BCUT2D eigenvalue weighted by Gasteiger charge is -2.17. The summed E-state index contributed by atoms with van der Waals surface area (Å²) in [6.45, 7) is 0. The summed E-state index contributed by atoms with van der Waals surface area (Å²) in [6, 6.07) is 10.3. The summed E-state index contributed by atoms with van der Waals surface area (Å²) in [7, 11) is 3.36. The number of aromatic nitrogens is 4. The Kier molecular flexibility index (Phi) is 6.23. The molecule has 0 aliphatic rings. The highest BCUT2D eigenvalue weighted by Crippen LogP contribution is 2.38. The van der Waals surface area contributed by atoms with Crippen LogP contribution in [0, 0.1) is 10.1 Å². The van der Waals surface area contributed by atoms with Gasteiger partial charge in [-0.3, -0.25) is 14.8 Å². The topological polar surface area (TPSA) is 123 Å². The number of rotatable bonds is 7. The number of anilines is 5. The zero-order valence-corrected chi connectivity index (χ0v) is 18.5. The van der Waals surface area contributed by atoms with Crippen molar-refractivity contribution in [1.29, 1.82) is 0 Å². The van der Waals surface area contributed by atoms with Crippen LogP contribution in [0.4, 0.5) is 47.8 Å². The Balaban J connectivity index is 1.82. The van der Waals surface area contributed by atoms with E-state index in [-0.39, 0.29) is 17.5 Å². The predicted octanol–water partition coefficient (Wildman–Crippen LogP) is 5.33. The molecule has 0 aliphatic carbocycles. The first kappa shape index (κ1) is 23.5. The van der Waals surface area contributed by atoms with Crippen molar-refractivity contribution >= 4 is 34.6 Å². The summed E-state index contributed by atoms with van der Waals surface area (Å²) >= 11 is 0. The summed E-state index contributed by atoms with van der Waals surface area (Å²) < 4.78 is 40.8. The molecule has 4 rings (SSSR count). The van der Waals surface area contributed by atoms with E-state index in [4.69, 9.17) is 0 Å². The number of hydrogen-bond donors (Lipinski definition) is 3. The van der Waals surface area contributed by atoms with Crippen molar-refractivity contribution in [3.8, 4) is 11.1 Å². The van der Waals surface area contributed by atoms with Crippen molar-refractivity contribution in [1.82, 2.24) is 19.7 Å². The quantitative estimate of drug-likeness (QED) is 0.238. The van der Waals surface area contributed by atoms with Crippen LogP contribution >= 0.6 is 0 Å². The Hall–Kier alpha value is -4.68. The lowest BCUT2D eigenvalue weighted by molar-refractivity contribution is -0.384. The summed E-state index contributed by atoms with van der Waals surface area (Å²) in [5.74, 6) is 0.709. The van der Waals surface area contributed by atoms with E-state index in [9.17, 15) is 23.3 Å². The number of aryl methyl sites for hydroxylation is 1. The first-order valence-electron chi connectivity index (χ1n) is 10.2. The minimum atomic E-state index is -4.48. The monoisotopic (exact) mass is 484 g/mol. The van der Waals surface area contributed by atoms with Crippen LogP contribution in [0.1, 0.15) is 5.56 Å². The fourth-order valence-electron chi connectivity index (χ4n) is 3.34. The maximum absolute atomic E-state index is 13.1. The number of nitro benzene ring substituents is 1. The predicted molar refractivity (Wildman–Crippen MR) is 125 cm³/mol. The van der Waals surface area contributed by atoms with E-state index in [1.165, 1.54) is 30.3 Å². The second-order valence-corrected chi connectivity index (χ2v) is 7.40. The molecule has 0 bridgehead atoms. The molecule has 0 fully saturated rings. The number of alkyl halides is 3. The number of non-ortho nitro benzene ring substituents is 1. The van der Waals surface area contributed by atoms with Crippen LogP contribution in [0.3, 0.4) is 0 Å². The fraction of sp³-hybridized carbons (Fsp3) is 0.136. The third-order valence-corrected chi connectivity index (χ3v) is 4.93. The molecular weight excluding hydrogens is 465 g/mol. The maximum Gasteiger partial charge on any atom is 0.416 e. The normalized spacial score (nSPS) is 11.2. The van der Waals surface area contributed by atoms with Gasteiger partial charge in [-0.1, -0.05) is 18.2 Å². The zero-order valence-electron chi connectivity index (χ0n) is 18.5. The van der Waals surface area contributed by atoms with Crippen LogP contribution in [-0.2, 0) is 13.2 Å². The van der Waals surface area contributed by atoms with Crippen LogP contribution in [0.5, 0.6) is 0 Å². The van der Waals surface area contributed by atoms with Crippen LogP contribution in [-0.4, -0.2) is 31.7 Å². The van der Waals surface area contributed by atoms with Crippen LogP contribution in [0.15, 0.2) is 60.9 Å². The number of benzene rings is 2. The molecule has 0 amide bonds. The lowest BCUT2D eigenvalue weighted by atomic mass is 10.0. The van der Waals surface area contributed by atoms with Crippen LogP contribution in [0.25, 0.3) is 11.1 Å². The molecule has 2 aromatic carbocycles. The molecule has 0 unspecified atom stereocenters. The second kappa shape index (κ2) is 9.29. The third kappa shape index (κ3) is 5.29. The van der Waals surface area contributed by atoms with Crippen molar-refractivity contribution in [2.75, 3.05) is 23.0 Å². The molecule has 0 aliphatic heterocycles. The minimum absolute atomic E-state index is 0.136. The van der Waals surface area contributed by atoms with E-state index >= 15 is 0 Å². The summed E-state index contributed by atoms with van der Waals surface area (Å²) in [5.41, 5.74) is 0.824. The highest BCUT2D eigenvalue weighted by Gasteiger charge is 2.30. The van der Waals surface area contributed by atoms with Crippen molar-refractivity contribution in [2.45, 2.75) is 6.18 Å². The van der Waals surface area contributed by atoms with E-state index in [1.807, 2.05) is 0 Å². The minimum Gasteiger partial charge on any atom is -0.372 e. The molecule has 0 saturated heterocycles. The van der Waals surface area contributed by atoms with Gasteiger partial charge >= 0.3 is 6.18 Å². The van der Waals surface area contributed by atoms with E-state index in [0.717, 1.165) is 12.1 Å². The molecule has 10 nitrogen and oxygen atoms in total. The Morgan fingerprint density at radius 1 is 1.00 bits per heavy atom. The van der Waals surface area contributed by atoms with E-state index in [0.29, 0.717) is 28.3 Å². The smallest absolute Gasteiger partial charge is 0.372 e. The molecule has 0 spiro atoms. The standard InChI is InChI=1S/C22H19F3N8O2/c1-26-19-18(13-6-8-14(9-7-13)22(23,24)25)20(28-15-4-3-5-17(10-15)33(34)35)31-21(30-19)29-16-11-27-32(2)12-16/h3-12H,1-2H3,(H3,26,28,29,30,31). The SMILES string of the molecule is CNc1nc(Nc2cnn(C)c2)nc(Nc2cccc([N+](=O)[O-])c2)c1-c1ccc(C(F)(F)F)cc1. The van der Waals surface area contributed by atoms with Gasteiger partial charge in [0.2, 0.25) is 5.95 Å². The summed E-state index contributed by atoms with van der Waals surface area (Å²) in [4.78, 5) is 19.6. The molecule has 0 atom stereocenters. The van der Waals surface area contributed by atoms with Crippen LogP contribution in [0.2, 0.25) is 0 Å². The molecule has 4 aromatic rings. The number of nitro groups is 1. The van der Waals surface area contributed by atoms with Crippen LogP contribution < -0.4 is 16.0 Å². The largest absolute Gasteiger partial charge is 0.416 e. The highest BCUT2D eigenvalue weighted by atomic mass is 19.4. The molecule has 2 heterocycles. The number of nitrogens with zero attached hydrogens (tertiary/aromatic N) is 5. The molecule has 35 heavy (non-hydrogen) atoms. The first-order chi connectivity index (χ1) is 16.6. The van der Waals surface area contributed by atoms with E-state index in [1.54, 1.807) is 37.2 Å². The van der Waals surface area contributed by atoms with E-state index < -0.39 is 16.7 Å².